The van der Waals surface area contributed by atoms with Crippen LogP contribution in [0.4, 0.5) is 0 Å². The first-order chi connectivity index (χ1) is 15.1. The number of aryl methyl sites for hydroxylation is 2. The Hall–Kier alpha value is -1.96. The number of aliphatic hydroxyl groups excluding tert-OH is 1. The van der Waals surface area contributed by atoms with Crippen LogP contribution in [0.2, 0.25) is 0 Å². The Kier molecular flexibility index (Phi) is 5.99. The van der Waals surface area contributed by atoms with Crippen molar-refractivity contribution in [3.8, 4) is 5.75 Å². The summed E-state index contributed by atoms with van der Waals surface area (Å²) in [6.07, 6.45) is 5.50. The molecular formula is C24H30N2O4S. The second kappa shape index (κ2) is 8.88. The molecule has 5 atom stereocenters. The predicted molar refractivity (Wildman–Crippen MR) is 119 cm³/mol. The Morgan fingerprint density at radius 3 is 3.06 bits per heavy atom. The average Bonchev–Trinajstić information content (AvgIpc) is 3.50. The number of nitrogens with one attached hydrogen (secondary N) is 1. The molecule has 6 nitrogen and oxygen atoms in total. The van der Waals surface area contributed by atoms with E-state index in [9.17, 15) is 9.90 Å². The summed E-state index contributed by atoms with van der Waals surface area (Å²) in [4.78, 5) is 16.5. The van der Waals surface area contributed by atoms with E-state index in [1.54, 1.807) is 5.38 Å². The molecule has 2 N–H and O–H groups in total. The Morgan fingerprint density at radius 1 is 1.32 bits per heavy atom. The number of thiazole rings is 1. The van der Waals surface area contributed by atoms with Crippen LogP contribution in [0.1, 0.15) is 65.3 Å². The van der Waals surface area contributed by atoms with Crippen LogP contribution < -0.4 is 10.1 Å². The van der Waals surface area contributed by atoms with Crippen LogP contribution in [0.15, 0.2) is 23.6 Å². The predicted octanol–water partition coefficient (Wildman–Crippen LogP) is 3.68. The van der Waals surface area contributed by atoms with Crippen LogP contribution in [0, 0.1) is 11.8 Å². The summed E-state index contributed by atoms with van der Waals surface area (Å²) in [5, 5.41) is 16.2. The van der Waals surface area contributed by atoms with Gasteiger partial charge in [0.15, 0.2) is 0 Å². The highest BCUT2D eigenvalue weighted by molar-refractivity contribution is 7.09. The number of carbonyl (C=O) groups excluding carboxylic acids is 1. The zero-order chi connectivity index (χ0) is 21.4. The quantitative estimate of drug-likeness (QED) is 0.713. The van der Waals surface area contributed by atoms with Crippen molar-refractivity contribution in [3.05, 3.63) is 45.4 Å². The molecule has 1 aliphatic heterocycles. The van der Waals surface area contributed by atoms with Gasteiger partial charge < -0.3 is 19.9 Å². The molecule has 0 bridgehead atoms. The first-order valence-corrected chi connectivity index (χ1v) is 12.3. The van der Waals surface area contributed by atoms with E-state index in [4.69, 9.17) is 9.47 Å². The average molecular weight is 443 g/mol. The number of carbonyl (C=O) groups is 1. The second-order valence-electron chi connectivity index (χ2n) is 8.90. The number of hydrogen-bond acceptors (Lipinski definition) is 6. The van der Waals surface area contributed by atoms with E-state index >= 15 is 0 Å². The van der Waals surface area contributed by atoms with Crippen LogP contribution in [-0.4, -0.2) is 41.4 Å². The third-order valence-corrected chi connectivity index (χ3v) is 7.91. The number of hydrogen-bond donors (Lipinski definition) is 2. The molecule has 2 aliphatic carbocycles. The fraction of sp³-hybridized carbons (Fsp3) is 0.583. The lowest BCUT2D eigenvalue weighted by atomic mass is 9.87. The van der Waals surface area contributed by atoms with Gasteiger partial charge in [0.2, 0.25) is 0 Å². The fourth-order valence-electron chi connectivity index (χ4n) is 5.37. The van der Waals surface area contributed by atoms with Gasteiger partial charge in [0, 0.05) is 24.3 Å². The topological polar surface area (TPSA) is 80.7 Å². The number of amides is 1. The highest BCUT2D eigenvalue weighted by Gasteiger charge is 2.47. The minimum Gasteiger partial charge on any atom is -0.493 e. The largest absolute Gasteiger partial charge is 0.493 e. The molecule has 1 saturated heterocycles. The number of nitrogens with zero attached hydrogens (tertiary/aromatic N) is 1. The van der Waals surface area contributed by atoms with Crippen molar-refractivity contribution >= 4 is 17.2 Å². The van der Waals surface area contributed by atoms with Gasteiger partial charge in [0.25, 0.3) is 5.91 Å². The smallest absolute Gasteiger partial charge is 0.270 e. The summed E-state index contributed by atoms with van der Waals surface area (Å²) in [7, 11) is 0. The maximum Gasteiger partial charge on any atom is 0.270 e. The molecule has 1 aromatic heterocycles. The molecule has 2 fully saturated rings. The molecule has 1 amide bonds. The van der Waals surface area contributed by atoms with Gasteiger partial charge in [0.05, 0.1) is 18.8 Å². The van der Waals surface area contributed by atoms with E-state index < -0.39 is 6.10 Å². The summed E-state index contributed by atoms with van der Waals surface area (Å²) in [5.74, 6) is 1.15. The normalized spacial score (nSPS) is 29.4. The molecule has 2 aromatic rings. The summed E-state index contributed by atoms with van der Waals surface area (Å²) >= 11 is 1.48. The standard InChI is InChI=1S/C24H30N2O4S/c1-2-25-23(28)19-13-31-24(26-19)21-9-8-17-18(20(27)11-22(17)30-21)12-29-16-7-6-14-4-3-5-15(14)10-16/h6-7,10,13,17-18,20-22,27H,2-5,8-9,11-12H2,1H3,(H,25,28)/t17-,18-,20-,21-,22+/m1/s1. The van der Waals surface area contributed by atoms with Crippen molar-refractivity contribution < 1.29 is 19.4 Å². The van der Waals surface area contributed by atoms with Gasteiger partial charge in [-0.3, -0.25) is 4.79 Å². The second-order valence-corrected chi connectivity index (χ2v) is 9.79. The van der Waals surface area contributed by atoms with Gasteiger partial charge in [-0.25, -0.2) is 4.98 Å². The van der Waals surface area contributed by atoms with E-state index in [1.165, 1.54) is 35.3 Å². The number of ether oxygens (including phenoxy) is 2. The molecule has 0 unspecified atom stereocenters. The summed E-state index contributed by atoms with van der Waals surface area (Å²) in [5.41, 5.74) is 3.30. The van der Waals surface area contributed by atoms with E-state index in [1.807, 2.05) is 6.92 Å². The third-order valence-electron chi connectivity index (χ3n) is 6.98. The molecular weight excluding hydrogens is 412 g/mol. The van der Waals surface area contributed by atoms with Crippen molar-refractivity contribution in [1.29, 1.82) is 0 Å². The number of aromatic nitrogens is 1. The van der Waals surface area contributed by atoms with Gasteiger partial charge in [-0.1, -0.05) is 6.07 Å². The molecule has 5 rings (SSSR count). The Balaban J connectivity index is 1.20. The van der Waals surface area contributed by atoms with Gasteiger partial charge in [0.1, 0.15) is 22.6 Å². The van der Waals surface area contributed by atoms with Crippen LogP contribution in [0.25, 0.3) is 0 Å². The fourth-order valence-corrected chi connectivity index (χ4v) is 6.23. The molecule has 31 heavy (non-hydrogen) atoms. The molecule has 1 aromatic carbocycles. The molecule has 7 heteroatoms. The van der Waals surface area contributed by atoms with Crippen LogP contribution in [0.5, 0.6) is 5.75 Å². The van der Waals surface area contributed by atoms with Crippen molar-refractivity contribution in [2.24, 2.45) is 11.8 Å². The van der Waals surface area contributed by atoms with Crippen LogP contribution >= 0.6 is 11.3 Å². The van der Waals surface area contributed by atoms with E-state index in [0.29, 0.717) is 31.2 Å². The number of rotatable bonds is 6. The third kappa shape index (κ3) is 4.23. The highest BCUT2D eigenvalue weighted by atomic mass is 32.1. The minimum absolute atomic E-state index is 0.0131. The maximum absolute atomic E-state index is 12.0. The first-order valence-electron chi connectivity index (χ1n) is 11.4. The molecule has 0 spiro atoms. The Morgan fingerprint density at radius 2 is 2.19 bits per heavy atom. The molecule has 3 aliphatic rings. The minimum atomic E-state index is -0.412. The van der Waals surface area contributed by atoms with E-state index in [-0.39, 0.29) is 24.0 Å². The number of fused-ring (bicyclic) bond motifs is 2. The van der Waals surface area contributed by atoms with Gasteiger partial charge in [-0.15, -0.1) is 11.3 Å². The zero-order valence-corrected chi connectivity index (χ0v) is 18.7. The summed E-state index contributed by atoms with van der Waals surface area (Å²) < 4.78 is 12.5. The first kappa shape index (κ1) is 20.9. The summed E-state index contributed by atoms with van der Waals surface area (Å²) in [6, 6.07) is 6.41. The lowest BCUT2D eigenvalue weighted by Crippen LogP contribution is -2.33. The van der Waals surface area contributed by atoms with Gasteiger partial charge in [-0.2, -0.15) is 0 Å². The van der Waals surface area contributed by atoms with Crippen molar-refractivity contribution in [3.63, 3.8) is 0 Å². The molecule has 2 heterocycles. The summed E-state index contributed by atoms with van der Waals surface area (Å²) in [6.45, 7) is 3.00. The van der Waals surface area contributed by atoms with Gasteiger partial charge >= 0.3 is 0 Å². The lowest BCUT2D eigenvalue weighted by molar-refractivity contribution is -0.0811. The number of benzene rings is 1. The number of aliphatic hydroxyl groups is 1. The zero-order valence-electron chi connectivity index (χ0n) is 17.9. The van der Waals surface area contributed by atoms with Crippen molar-refractivity contribution in [2.45, 2.75) is 63.8 Å². The molecule has 1 saturated carbocycles. The molecule has 166 valence electrons. The van der Waals surface area contributed by atoms with Gasteiger partial charge in [-0.05, 0) is 68.2 Å². The van der Waals surface area contributed by atoms with Crippen molar-refractivity contribution in [1.82, 2.24) is 10.3 Å². The Bertz CT molecular complexity index is 945. The lowest BCUT2D eigenvalue weighted by Gasteiger charge is -2.33. The van der Waals surface area contributed by atoms with Crippen LogP contribution in [-0.2, 0) is 17.6 Å². The van der Waals surface area contributed by atoms with Crippen molar-refractivity contribution in [2.75, 3.05) is 13.2 Å². The monoisotopic (exact) mass is 442 g/mol. The molecule has 0 radical (unpaired) electrons. The Labute approximate surface area is 187 Å². The SMILES string of the molecule is CCNC(=O)c1csc([C@H]2CC[C@@H]3[C@@H](COc4ccc5c(c4)CCC5)[C@H](O)C[C@@H]3O2)n1. The van der Waals surface area contributed by atoms with Crippen LogP contribution in [0.3, 0.4) is 0 Å². The van der Waals surface area contributed by atoms with E-state index in [2.05, 4.69) is 28.5 Å². The maximum atomic E-state index is 12.0. The highest BCUT2D eigenvalue weighted by Crippen LogP contribution is 2.46. The van der Waals surface area contributed by atoms with E-state index in [0.717, 1.165) is 30.0 Å².